The molecule has 1 saturated heterocycles. The third-order valence-electron chi connectivity index (χ3n) is 4.20. The molecule has 1 aliphatic heterocycles. The second-order valence-corrected chi connectivity index (χ2v) is 6.26. The maximum Gasteiger partial charge on any atom is 0.510 e. The van der Waals surface area contributed by atoms with Crippen LogP contribution in [0.2, 0.25) is 5.02 Å². The van der Waals surface area contributed by atoms with Gasteiger partial charge in [0.2, 0.25) is 5.79 Å². The SMILES string of the molecule is CCOC(=O)OC1(CCCCC(CC)c2ccccc2Cl)CO1. The number of rotatable bonds is 9. The Morgan fingerprint density at radius 2 is 2.09 bits per heavy atom. The molecule has 4 nitrogen and oxygen atoms in total. The molecule has 0 bridgehead atoms. The maximum atomic E-state index is 11.4. The molecule has 128 valence electrons. The predicted octanol–water partition coefficient (Wildman–Crippen LogP) is 5.29. The number of ether oxygens (including phenoxy) is 3. The standard InChI is InChI=1S/C18H25ClO4/c1-3-14(15-10-5-6-11-16(15)19)9-7-8-12-18(13-22-18)23-17(20)21-4-2/h5-6,10-11,14H,3-4,7-9,12-13H2,1-2H3. The van der Waals surface area contributed by atoms with E-state index in [4.69, 9.17) is 25.8 Å². The Labute approximate surface area is 143 Å². The van der Waals surface area contributed by atoms with Crippen LogP contribution < -0.4 is 0 Å². The van der Waals surface area contributed by atoms with E-state index in [2.05, 4.69) is 13.0 Å². The van der Waals surface area contributed by atoms with Gasteiger partial charge in [0.25, 0.3) is 0 Å². The fraction of sp³-hybridized carbons (Fsp3) is 0.611. The summed E-state index contributed by atoms with van der Waals surface area (Å²) in [4.78, 5) is 11.4. The quantitative estimate of drug-likeness (QED) is 0.348. The van der Waals surface area contributed by atoms with Gasteiger partial charge in [0, 0.05) is 11.4 Å². The zero-order chi connectivity index (χ0) is 16.7. The Bertz CT molecular complexity index is 513. The summed E-state index contributed by atoms with van der Waals surface area (Å²) in [6, 6.07) is 8.04. The first-order valence-corrected chi connectivity index (χ1v) is 8.72. The molecular formula is C18H25ClO4. The molecule has 2 atom stereocenters. The molecule has 5 heteroatoms. The van der Waals surface area contributed by atoms with Crippen LogP contribution >= 0.6 is 11.6 Å². The van der Waals surface area contributed by atoms with Crippen LogP contribution in [-0.2, 0) is 14.2 Å². The molecule has 0 aliphatic carbocycles. The van der Waals surface area contributed by atoms with Crippen molar-refractivity contribution in [2.24, 2.45) is 0 Å². The summed E-state index contributed by atoms with van der Waals surface area (Å²) < 4.78 is 15.3. The lowest BCUT2D eigenvalue weighted by atomic mass is 9.90. The van der Waals surface area contributed by atoms with Crippen molar-refractivity contribution >= 4 is 17.8 Å². The molecule has 23 heavy (non-hydrogen) atoms. The normalized spacial score (nSPS) is 20.8. The Morgan fingerprint density at radius 1 is 1.35 bits per heavy atom. The first kappa shape index (κ1) is 18.1. The first-order valence-electron chi connectivity index (χ1n) is 8.34. The molecule has 0 spiro atoms. The van der Waals surface area contributed by atoms with E-state index in [1.165, 1.54) is 5.56 Å². The molecule has 1 aliphatic rings. The van der Waals surface area contributed by atoms with Crippen molar-refractivity contribution in [3.63, 3.8) is 0 Å². The summed E-state index contributed by atoms with van der Waals surface area (Å²) in [6.07, 6.45) is 4.18. The van der Waals surface area contributed by atoms with E-state index in [1.807, 2.05) is 18.2 Å². The van der Waals surface area contributed by atoms with Gasteiger partial charge in [0.05, 0.1) is 6.61 Å². The van der Waals surface area contributed by atoms with Gasteiger partial charge in [-0.2, -0.15) is 0 Å². The summed E-state index contributed by atoms with van der Waals surface area (Å²) in [5.41, 5.74) is 1.22. The zero-order valence-electron chi connectivity index (χ0n) is 13.8. The summed E-state index contributed by atoms with van der Waals surface area (Å²) in [7, 11) is 0. The number of unbranched alkanes of at least 4 members (excludes halogenated alkanes) is 1. The van der Waals surface area contributed by atoms with Gasteiger partial charge in [-0.3, -0.25) is 0 Å². The number of epoxide rings is 1. The van der Waals surface area contributed by atoms with Gasteiger partial charge >= 0.3 is 6.16 Å². The highest BCUT2D eigenvalue weighted by Gasteiger charge is 2.49. The fourth-order valence-electron chi connectivity index (χ4n) is 2.80. The average molecular weight is 341 g/mol. The minimum atomic E-state index is -0.738. The number of benzene rings is 1. The fourth-order valence-corrected chi connectivity index (χ4v) is 3.09. The van der Waals surface area contributed by atoms with E-state index in [9.17, 15) is 4.79 Å². The highest BCUT2D eigenvalue weighted by Crippen LogP contribution is 2.36. The third kappa shape index (κ3) is 5.40. The molecule has 1 aromatic rings. The Hall–Kier alpha value is -1.26. The van der Waals surface area contributed by atoms with E-state index >= 15 is 0 Å². The number of hydrogen-bond acceptors (Lipinski definition) is 4. The molecule has 1 heterocycles. The second kappa shape index (κ2) is 8.55. The van der Waals surface area contributed by atoms with E-state index in [1.54, 1.807) is 6.92 Å². The third-order valence-corrected chi connectivity index (χ3v) is 4.54. The van der Waals surface area contributed by atoms with Crippen LogP contribution in [0.3, 0.4) is 0 Å². The lowest BCUT2D eigenvalue weighted by Crippen LogP contribution is -2.22. The summed E-state index contributed by atoms with van der Waals surface area (Å²) in [6.45, 7) is 4.71. The molecule has 2 rings (SSSR count). The van der Waals surface area contributed by atoms with Crippen LogP contribution in [0.5, 0.6) is 0 Å². The predicted molar refractivity (Wildman–Crippen MR) is 89.7 cm³/mol. The van der Waals surface area contributed by atoms with Crippen molar-refractivity contribution < 1.29 is 19.0 Å². The van der Waals surface area contributed by atoms with Gasteiger partial charge in [-0.1, -0.05) is 43.1 Å². The number of halogens is 1. The molecule has 0 aromatic heterocycles. The van der Waals surface area contributed by atoms with Gasteiger partial charge in [0.15, 0.2) is 0 Å². The van der Waals surface area contributed by atoms with Crippen LogP contribution in [0, 0.1) is 0 Å². The monoisotopic (exact) mass is 340 g/mol. The van der Waals surface area contributed by atoms with Gasteiger partial charge < -0.3 is 14.2 Å². The lowest BCUT2D eigenvalue weighted by molar-refractivity contribution is -0.0381. The average Bonchev–Trinajstić information content (AvgIpc) is 3.28. The first-order chi connectivity index (χ1) is 11.1. The number of carbonyl (C=O) groups excluding carboxylic acids is 1. The largest absolute Gasteiger partial charge is 0.510 e. The minimum absolute atomic E-state index is 0.310. The molecule has 1 aromatic carbocycles. The summed E-state index contributed by atoms with van der Waals surface area (Å²) >= 11 is 6.29. The molecule has 0 amide bonds. The highest BCUT2D eigenvalue weighted by atomic mass is 35.5. The van der Waals surface area contributed by atoms with E-state index in [-0.39, 0.29) is 0 Å². The van der Waals surface area contributed by atoms with Gasteiger partial charge in [-0.25, -0.2) is 4.79 Å². The van der Waals surface area contributed by atoms with Gasteiger partial charge in [-0.15, -0.1) is 0 Å². The summed E-state index contributed by atoms with van der Waals surface area (Å²) in [5, 5.41) is 0.840. The molecule has 2 unspecified atom stereocenters. The zero-order valence-corrected chi connectivity index (χ0v) is 14.6. The van der Waals surface area contributed by atoms with Crippen molar-refractivity contribution in [3.05, 3.63) is 34.9 Å². The van der Waals surface area contributed by atoms with Crippen LogP contribution in [-0.4, -0.2) is 25.2 Å². The Kier molecular flexibility index (Phi) is 6.72. The number of hydrogen-bond donors (Lipinski definition) is 0. The van der Waals surface area contributed by atoms with Gasteiger partial charge in [-0.05, 0) is 43.7 Å². The smallest absolute Gasteiger partial charge is 0.435 e. The van der Waals surface area contributed by atoms with Crippen LogP contribution in [0.4, 0.5) is 4.79 Å². The molecule has 1 fully saturated rings. The lowest BCUT2D eigenvalue weighted by Gasteiger charge is -2.17. The Morgan fingerprint density at radius 3 is 2.70 bits per heavy atom. The Balaban J connectivity index is 1.74. The molecule has 0 saturated carbocycles. The van der Waals surface area contributed by atoms with E-state index in [0.29, 0.717) is 25.6 Å². The highest BCUT2D eigenvalue weighted by molar-refractivity contribution is 6.31. The van der Waals surface area contributed by atoms with Crippen molar-refractivity contribution in [3.8, 4) is 0 Å². The van der Waals surface area contributed by atoms with Crippen molar-refractivity contribution in [2.45, 2.75) is 57.7 Å². The van der Waals surface area contributed by atoms with Crippen molar-refractivity contribution in [2.75, 3.05) is 13.2 Å². The van der Waals surface area contributed by atoms with Gasteiger partial charge in [0.1, 0.15) is 6.61 Å². The van der Waals surface area contributed by atoms with Crippen molar-refractivity contribution in [1.82, 2.24) is 0 Å². The summed E-state index contributed by atoms with van der Waals surface area (Å²) in [5.74, 6) is -0.274. The van der Waals surface area contributed by atoms with Crippen molar-refractivity contribution in [1.29, 1.82) is 0 Å². The van der Waals surface area contributed by atoms with Crippen LogP contribution in [0.25, 0.3) is 0 Å². The minimum Gasteiger partial charge on any atom is -0.435 e. The van der Waals surface area contributed by atoms with Crippen LogP contribution in [0.1, 0.15) is 57.4 Å². The number of carbonyl (C=O) groups is 1. The maximum absolute atomic E-state index is 11.4. The molecule has 0 radical (unpaired) electrons. The van der Waals surface area contributed by atoms with Crippen LogP contribution in [0.15, 0.2) is 24.3 Å². The molecule has 0 N–H and O–H groups in total. The second-order valence-electron chi connectivity index (χ2n) is 5.86. The van der Waals surface area contributed by atoms with E-state index in [0.717, 1.165) is 30.7 Å². The van der Waals surface area contributed by atoms with E-state index < -0.39 is 11.9 Å². The topological polar surface area (TPSA) is 48.1 Å². The molecular weight excluding hydrogens is 316 g/mol.